The maximum Gasteiger partial charge on any atom is 0.191 e. The van der Waals surface area contributed by atoms with Crippen LogP contribution in [0, 0.1) is 0 Å². The second-order valence-corrected chi connectivity index (χ2v) is 10.9. The summed E-state index contributed by atoms with van der Waals surface area (Å²) in [7, 11) is -1.49. The maximum atomic E-state index is 6.11. The molecule has 1 fully saturated rings. The second kappa shape index (κ2) is 4.83. The molecule has 88 valence electrons. The van der Waals surface area contributed by atoms with Crippen molar-refractivity contribution in [2.75, 3.05) is 6.61 Å². The molecule has 0 amide bonds. The molecule has 0 aromatic carbocycles. The number of hydrogen-bond acceptors (Lipinski definition) is 1. The van der Waals surface area contributed by atoms with Gasteiger partial charge in [-0.15, -0.1) is 0 Å². The number of allylic oxidation sites excluding steroid dienone is 2. The van der Waals surface area contributed by atoms with Gasteiger partial charge in [0.15, 0.2) is 8.32 Å². The topological polar surface area (TPSA) is 9.23 Å². The van der Waals surface area contributed by atoms with Crippen LogP contribution in [0.3, 0.4) is 0 Å². The van der Waals surface area contributed by atoms with E-state index >= 15 is 0 Å². The van der Waals surface area contributed by atoms with Crippen LogP contribution < -0.4 is 0 Å². The van der Waals surface area contributed by atoms with E-state index in [0.29, 0.717) is 5.04 Å². The van der Waals surface area contributed by atoms with Crippen LogP contribution in [-0.4, -0.2) is 14.9 Å². The lowest BCUT2D eigenvalue weighted by Crippen LogP contribution is -2.40. The van der Waals surface area contributed by atoms with E-state index < -0.39 is 8.32 Å². The normalized spacial score (nSPS) is 16.7. The van der Waals surface area contributed by atoms with E-state index in [0.717, 1.165) is 6.61 Å². The first kappa shape index (κ1) is 13.0. The zero-order valence-corrected chi connectivity index (χ0v) is 12.0. The third-order valence-corrected chi connectivity index (χ3v) is 8.13. The minimum atomic E-state index is -1.49. The highest BCUT2D eigenvalue weighted by molar-refractivity contribution is 6.74. The molecule has 1 aliphatic carbocycles. The van der Waals surface area contributed by atoms with Gasteiger partial charge in [0, 0.05) is 6.61 Å². The van der Waals surface area contributed by atoms with E-state index in [1.54, 1.807) is 5.57 Å². The standard InChI is InChI=1S/C13H26OSi/c1-13(2,3)15(4,5)14-11-7-6-8-12-9-10-12/h8H,6-7,9-11H2,1-5H3. The highest BCUT2D eigenvalue weighted by atomic mass is 28.4. The summed E-state index contributed by atoms with van der Waals surface area (Å²) < 4.78 is 6.11. The number of hydrogen-bond donors (Lipinski definition) is 0. The predicted molar refractivity (Wildman–Crippen MR) is 69.7 cm³/mol. The van der Waals surface area contributed by atoms with E-state index in [1.807, 2.05) is 0 Å². The molecule has 0 aliphatic heterocycles. The first-order valence-corrected chi connectivity index (χ1v) is 9.06. The Morgan fingerprint density at radius 1 is 1.27 bits per heavy atom. The van der Waals surface area contributed by atoms with E-state index in [1.165, 1.54) is 25.7 Å². The summed E-state index contributed by atoms with van der Waals surface area (Å²) in [5, 5.41) is 0.349. The molecule has 0 heterocycles. The fraction of sp³-hybridized carbons (Fsp3) is 0.846. The van der Waals surface area contributed by atoms with Crippen LogP contribution in [0.1, 0.15) is 46.5 Å². The summed E-state index contributed by atoms with van der Waals surface area (Å²) in [6, 6.07) is 0. The zero-order chi connectivity index (χ0) is 11.5. The van der Waals surface area contributed by atoms with Gasteiger partial charge in [-0.05, 0) is 43.8 Å². The molecule has 0 aromatic heterocycles. The molecule has 1 nitrogen and oxygen atoms in total. The lowest BCUT2D eigenvalue weighted by Gasteiger charge is -2.36. The van der Waals surface area contributed by atoms with Gasteiger partial charge >= 0.3 is 0 Å². The monoisotopic (exact) mass is 226 g/mol. The summed E-state index contributed by atoms with van der Waals surface area (Å²) in [5.74, 6) is 0. The number of unbranched alkanes of at least 4 members (excludes halogenated alkanes) is 1. The van der Waals surface area contributed by atoms with Gasteiger partial charge in [0.05, 0.1) is 0 Å². The summed E-state index contributed by atoms with van der Waals surface area (Å²) >= 11 is 0. The quantitative estimate of drug-likeness (QED) is 0.381. The Bertz CT molecular complexity index is 229. The van der Waals surface area contributed by atoms with Crippen LogP contribution in [-0.2, 0) is 4.43 Å². The lowest BCUT2D eigenvalue weighted by molar-refractivity contribution is 0.283. The SMILES string of the molecule is CC(C)(C)[Si](C)(C)OCCCC=C1CC1. The van der Waals surface area contributed by atoms with Gasteiger partial charge in [0.2, 0.25) is 0 Å². The predicted octanol–water partition coefficient (Wildman–Crippen LogP) is 4.51. The summed E-state index contributed by atoms with van der Waals surface area (Å²) in [5.41, 5.74) is 1.65. The van der Waals surface area contributed by atoms with Gasteiger partial charge in [0.25, 0.3) is 0 Å². The summed E-state index contributed by atoms with van der Waals surface area (Å²) in [6.45, 7) is 12.5. The van der Waals surface area contributed by atoms with Crippen LogP contribution >= 0.6 is 0 Å². The summed E-state index contributed by atoms with van der Waals surface area (Å²) in [6.07, 6.45) is 7.50. The minimum absolute atomic E-state index is 0.349. The van der Waals surface area contributed by atoms with E-state index in [9.17, 15) is 0 Å². The molecular weight excluding hydrogens is 200 g/mol. The molecule has 2 heteroatoms. The maximum absolute atomic E-state index is 6.11. The molecule has 0 atom stereocenters. The first-order valence-electron chi connectivity index (χ1n) is 6.15. The Hall–Kier alpha value is -0.0831. The summed E-state index contributed by atoms with van der Waals surface area (Å²) in [4.78, 5) is 0. The molecule has 0 saturated heterocycles. The van der Waals surface area contributed by atoms with Gasteiger partial charge in [-0.25, -0.2) is 0 Å². The van der Waals surface area contributed by atoms with Crippen molar-refractivity contribution >= 4 is 8.32 Å². The molecule has 0 unspecified atom stereocenters. The molecule has 0 N–H and O–H groups in total. The molecule has 0 radical (unpaired) electrons. The van der Waals surface area contributed by atoms with E-state index in [-0.39, 0.29) is 0 Å². The van der Waals surface area contributed by atoms with Crippen LogP contribution in [0.2, 0.25) is 18.1 Å². The van der Waals surface area contributed by atoms with Crippen molar-refractivity contribution in [2.45, 2.75) is 64.6 Å². The molecular formula is C13H26OSi. The highest BCUT2D eigenvalue weighted by Gasteiger charge is 2.36. The second-order valence-electron chi connectivity index (χ2n) is 6.11. The molecule has 15 heavy (non-hydrogen) atoms. The Balaban J connectivity index is 2.15. The Labute approximate surface area is 96.0 Å². The molecule has 0 aromatic rings. The largest absolute Gasteiger partial charge is 0.417 e. The molecule has 0 bridgehead atoms. The third-order valence-electron chi connectivity index (χ3n) is 3.59. The number of rotatable bonds is 5. The van der Waals surface area contributed by atoms with Crippen molar-refractivity contribution in [3.63, 3.8) is 0 Å². The van der Waals surface area contributed by atoms with Gasteiger partial charge < -0.3 is 4.43 Å². The molecule has 1 saturated carbocycles. The molecule has 1 rings (SSSR count). The van der Waals surface area contributed by atoms with Crippen molar-refractivity contribution in [3.8, 4) is 0 Å². The fourth-order valence-corrected chi connectivity index (χ4v) is 2.30. The van der Waals surface area contributed by atoms with Crippen LogP contribution in [0.25, 0.3) is 0 Å². The van der Waals surface area contributed by atoms with Crippen LogP contribution in [0.5, 0.6) is 0 Å². The molecule has 0 spiro atoms. The average Bonchev–Trinajstić information content (AvgIpc) is 2.85. The Morgan fingerprint density at radius 2 is 1.87 bits per heavy atom. The first-order chi connectivity index (χ1) is 6.83. The van der Waals surface area contributed by atoms with Crippen LogP contribution in [0.4, 0.5) is 0 Å². The molecule has 1 aliphatic rings. The van der Waals surface area contributed by atoms with Crippen molar-refractivity contribution in [2.24, 2.45) is 0 Å². The van der Waals surface area contributed by atoms with E-state index in [2.05, 4.69) is 39.9 Å². The van der Waals surface area contributed by atoms with Gasteiger partial charge in [-0.3, -0.25) is 0 Å². The Kier molecular flexibility index (Phi) is 4.18. The minimum Gasteiger partial charge on any atom is -0.417 e. The van der Waals surface area contributed by atoms with E-state index in [4.69, 9.17) is 4.43 Å². The van der Waals surface area contributed by atoms with Gasteiger partial charge in [0.1, 0.15) is 0 Å². The van der Waals surface area contributed by atoms with Crippen molar-refractivity contribution < 1.29 is 4.43 Å². The smallest absolute Gasteiger partial charge is 0.191 e. The van der Waals surface area contributed by atoms with Crippen molar-refractivity contribution in [3.05, 3.63) is 11.6 Å². The Morgan fingerprint density at radius 3 is 2.33 bits per heavy atom. The average molecular weight is 226 g/mol. The van der Waals surface area contributed by atoms with Gasteiger partial charge in [-0.2, -0.15) is 0 Å². The highest BCUT2D eigenvalue weighted by Crippen LogP contribution is 2.36. The fourth-order valence-electron chi connectivity index (χ4n) is 1.21. The van der Waals surface area contributed by atoms with Crippen molar-refractivity contribution in [1.82, 2.24) is 0 Å². The zero-order valence-electron chi connectivity index (χ0n) is 11.0. The van der Waals surface area contributed by atoms with Gasteiger partial charge in [-0.1, -0.05) is 32.4 Å². The van der Waals surface area contributed by atoms with Crippen molar-refractivity contribution in [1.29, 1.82) is 0 Å². The lowest BCUT2D eigenvalue weighted by atomic mass is 10.2. The third kappa shape index (κ3) is 4.52. The van der Waals surface area contributed by atoms with Crippen LogP contribution in [0.15, 0.2) is 11.6 Å².